The fraction of sp³-hybridized carbons (Fsp3) is 0.350. The van der Waals surface area contributed by atoms with Crippen molar-refractivity contribution in [2.75, 3.05) is 16.8 Å². The number of hydrogen-bond acceptors (Lipinski definition) is 2. The average molecular weight is 326 g/mol. The van der Waals surface area contributed by atoms with Crippen LogP contribution in [0.5, 0.6) is 0 Å². The number of fused-ring (bicyclic) bond motifs is 1. The number of hydrogen-bond donors (Lipinski definition) is 1. The van der Waals surface area contributed by atoms with Crippen molar-refractivity contribution >= 4 is 17.3 Å². The smallest absolute Gasteiger partial charge is 0.243 e. The highest BCUT2D eigenvalue weighted by atomic mass is 19.1. The van der Waals surface area contributed by atoms with Crippen LogP contribution in [0.15, 0.2) is 36.4 Å². The van der Waals surface area contributed by atoms with Gasteiger partial charge in [0, 0.05) is 17.4 Å². The topological polar surface area (TPSA) is 32.3 Å². The summed E-state index contributed by atoms with van der Waals surface area (Å²) in [6.45, 7) is 6.40. The van der Waals surface area contributed by atoms with Crippen molar-refractivity contribution in [2.45, 2.75) is 39.7 Å². The molecular formula is C20H23FN2O. The Morgan fingerprint density at radius 2 is 2.04 bits per heavy atom. The maximum Gasteiger partial charge on any atom is 0.243 e. The maximum atomic E-state index is 13.4. The number of nitrogens with zero attached hydrogens (tertiary/aromatic N) is 1. The number of halogens is 1. The standard InChI is InChI=1S/C20H23FN2O/c1-13-4-8-18(14(2)10-13)22-20(24)12-23-15(3)5-6-16-11-17(21)7-9-19(16)23/h4,7-11,15H,5-6,12H2,1-3H3,(H,22,24). The maximum absolute atomic E-state index is 13.4. The molecule has 24 heavy (non-hydrogen) atoms. The molecule has 1 N–H and O–H groups in total. The molecule has 1 heterocycles. The molecule has 0 aliphatic carbocycles. The molecular weight excluding hydrogens is 303 g/mol. The van der Waals surface area contributed by atoms with Gasteiger partial charge in [-0.05, 0) is 69.0 Å². The first-order valence-corrected chi connectivity index (χ1v) is 8.36. The lowest BCUT2D eigenvalue weighted by Crippen LogP contribution is -2.42. The largest absolute Gasteiger partial charge is 0.359 e. The summed E-state index contributed by atoms with van der Waals surface area (Å²) in [5.41, 5.74) is 5.01. The van der Waals surface area contributed by atoms with Crippen LogP contribution < -0.4 is 10.2 Å². The van der Waals surface area contributed by atoms with Gasteiger partial charge in [0.05, 0.1) is 6.54 Å². The molecule has 4 heteroatoms. The molecule has 0 saturated carbocycles. The summed E-state index contributed by atoms with van der Waals surface area (Å²) in [4.78, 5) is 14.6. The predicted octanol–water partition coefficient (Wildman–Crippen LogP) is 4.22. The minimum absolute atomic E-state index is 0.0500. The summed E-state index contributed by atoms with van der Waals surface area (Å²) in [5, 5.41) is 2.99. The van der Waals surface area contributed by atoms with E-state index in [1.165, 1.54) is 11.6 Å². The summed E-state index contributed by atoms with van der Waals surface area (Å²) < 4.78 is 13.4. The molecule has 0 bridgehead atoms. The summed E-state index contributed by atoms with van der Waals surface area (Å²) in [6, 6.07) is 11.1. The van der Waals surface area contributed by atoms with Crippen LogP contribution in [-0.2, 0) is 11.2 Å². The highest BCUT2D eigenvalue weighted by Crippen LogP contribution is 2.31. The fourth-order valence-corrected chi connectivity index (χ4v) is 3.33. The Kier molecular flexibility index (Phi) is 4.56. The number of rotatable bonds is 3. The molecule has 1 aliphatic heterocycles. The number of amides is 1. The second kappa shape index (κ2) is 6.63. The van der Waals surface area contributed by atoms with E-state index in [9.17, 15) is 9.18 Å². The Balaban J connectivity index is 1.76. The van der Waals surface area contributed by atoms with E-state index in [2.05, 4.69) is 23.2 Å². The Morgan fingerprint density at radius 3 is 2.79 bits per heavy atom. The summed E-state index contributed by atoms with van der Waals surface area (Å²) in [5.74, 6) is -0.269. The number of anilines is 2. The third-order valence-corrected chi connectivity index (χ3v) is 4.68. The first-order valence-electron chi connectivity index (χ1n) is 8.36. The quantitative estimate of drug-likeness (QED) is 0.916. The van der Waals surface area contributed by atoms with E-state index in [0.717, 1.165) is 35.3 Å². The van der Waals surface area contributed by atoms with Gasteiger partial charge in [0.25, 0.3) is 0 Å². The molecule has 2 aromatic rings. The lowest BCUT2D eigenvalue weighted by molar-refractivity contribution is -0.115. The van der Waals surface area contributed by atoms with E-state index < -0.39 is 0 Å². The zero-order valence-electron chi connectivity index (χ0n) is 14.4. The Morgan fingerprint density at radius 1 is 1.25 bits per heavy atom. The van der Waals surface area contributed by atoms with Crippen molar-refractivity contribution in [3.63, 3.8) is 0 Å². The van der Waals surface area contributed by atoms with Crippen molar-refractivity contribution in [1.82, 2.24) is 0 Å². The van der Waals surface area contributed by atoms with Crippen molar-refractivity contribution in [3.05, 3.63) is 58.9 Å². The van der Waals surface area contributed by atoms with Crippen LogP contribution in [0, 0.1) is 19.7 Å². The molecule has 1 atom stereocenters. The van der Waals surface area contributed by atoms with Crippen LogP contribution in [0.2, 0.25) is 0 Å². The van der Waals surface area contributed by atoms with Gasteiger partial charge in [-0.15, -0.1) is 0 Å². The number of benzene rings is 2. The highest BCUT2D eigenvalue weighted by molar-refractivity contribution is 5.95. The van der Waals surface area contributed by atoms with Gasteiger partial charge in [0.15, 0.2) is 0 Å². The van der Waals surface area contributed by atoms with Gasteiger partial charge in [-0.3, -0.25) is 4.79 Å². The fourth-order valence-electron chi connectivity index (χ4n) is 3.33. The van der Waals surface area contributed by atoms with Crippen LogP contribution in [0.3, 0.4) is 0 Å². The van der Waals surface area contributed by atoms with Crippen molar-refractivity contribution in [2.24, 2.45) is 0 Å². The summed E-state index contributed by atoms with van der Waals surface area (Å²) in [6.07, 6.45) is 1.77. The third kappa shape index (κ3) is 3.42. The molecule has 0 radical (unpaired) electrons. The van der Waals surface area contributed by atoms with Gasteiger partial charge in [0.1, 0.15) is 5.82 Å². The Bertz CT molecular complexity index is 772. The van der Waals surface area contributed by atoms with Crippen molar-refractivity contribution < 1.29 is 9.18 Å². The number of carbonyl (C=O) groups is 1. The van der Waals surface area contributed by atoms with E-state index in [-0.39, 0.29) is 24.3 Å². The predicted molar refractivity (Wildman–Crippen MR) is 96.1 cm³/mol. The second-order valence-corrected chi connectivity index (χ2v) is 6.66. The number of carbonyl (C=O) groups excluding carboxylic acids is 1. The van der Waals surface area contributed by atoms with Gasteiger partial charge in [-0.1, -0.05) is 17.7 Å². The van der Waals surface area contributed by atoms with E-state index in [4.69, 9.17) is 0 Å². The molecule has 126 valence electrons. The normalized spacial score (nSPS) is 16.7. The Labute approximate surface area is 142 Å². The molecule has 1 aliphatic rings. The van der Waals surface area contributed by atoms with Crippen LogP contribution in [-0.4, -0.2) is 18.5 Å². The van der Waals surface area contributed by atoms with Crippen molar-refractivity contribution in [3.8, 4) is 0 Å². The van der Waals surface area contributed by atoms with Crippen LogP contribution in [0.25, 0.3) is 0 Å². The molecule has 3 nitrogen and oxygen atoms in total. The Hall–Kier alpha value is -2.36. The molecule has 0 saturated heterocycles. The van der Waals surface area contributed by atoms with Crippen molar-refractivity contribution in [1.29, 1.82) is 0 Å². The monoisotopic (exact) mass is 326 g/mol. The minimum Gasteiger partial charge on any atom is -0.359 e. The SMILES string of the molecule is Cc1ccc(NC(=O)CN2c3ccc(F)cc3CCC2C)c(C)c1. The van der Waals surface area contributed by atoms with E-state index in [1.807, 2.05) is 26.0 Å². The van der Waals surface area contributed by atoms with Gasteiger partial charge in [0.2, 0.25) is 5.91 Å². The van der Waals surface area contributed by atoms with Crippen LogP contribution in [0.1, 0.15) is 30.0 Å². The van der Waals surface area contributed by atoms with E-state index >= 15 is 0 Å². The summed E-state index contributed by atoms with van der Waals surface area (Å²) in [7, 11) is 0. The zero-order valence-corrected chi connectivity index (χ0v) is 14.4. The molecule has 0 fully saturated rings. The zero-order chi connectivity index (χ0) is 17.3. The van der Waals surface area contributed by atoms with Gasteiger partial charge >= 0.3 is 0 Å². The van der Waals surface area contributed by atoms with Gasteiger partial charge < -0.3 is 10.2 Å². The number of nitrogens with one attached hydrogen (secondary N) is 1. The molecule has 1 amide bonds. The number of aryl methyl sites for hydroxylation is 3. The lowest BCUT2D eigenvalue weighted by Gasteiger charge is -2.36. The van der Waals surface area contributed by atoms with Crippen LogP contribution >= 0.6 is 0 Å². The molecule has 0 spiro atoms. The highest BCUT2D eigenvalue weighted by Gasteiger charge is 2.25. The first kappa shape index (κ1) is 16.5. The second-order valence-electron chi connectivity index (χ2n) is 6.66. The lowest BCUT2D eigenvalue weighted by atomic mass is 9.96. The third-order valence-electron chi connectivity index (χ3n) is 4.68. The van der Waals surface area contributed by atoms with Gasteiger partial charge in [-0.25, -0.2) is 4.39 Å². The van der Waals surface area contributed by atoms with E-state index in [0.29, 0.717) is 0 Å². The molecule has 3 rings (SSSR count). The van der Waals surface area contributed by atoms with E-state index in [1.54, 1.807) is 12.1 Å². The molecule has 2 aromatic carbocycles. The summed E-state index contributed by atoms with van der Waals surface area (Å²) >= 11 is 0. The molecule has 0 aromatic heterocycles. The van der Waals surface area contributed by atoms with Gasteiger partial charge in [-0.2, -0.15) is 0 Å². The average Bonchev–Trinajstić information content (AvgIpc) is 2.53. The molecule has 1 unspecified atom stereocenters. The first-order chi connectivity index (χ1) is 11.4. The van der Waals surface area contributed by atoms with Crippen LogP contribution in [0.4, 0.5) is 15.8 Å². The minimum atomic E-state index is -0.219.